The summed E-state index contributed by atoms with van der Waals surface area (Å²) in [6, 6.07) is 8.32. The molecule has 0 aliphatic rings. The number of hydrogen-bond acceptors (Lipinski definition) is 6. The lowest BCUT2D eigenvalue weighted by atomic mass is 10.1. The van der Waals surface area contributed by atoms with Crippen molar-refractivity contribution in [2.75, 3.05) is 10.6 Å². The molecule has 0 fully saturated rings. The maximum absolute atomic E-state index is 12.5. The molecule has 7 nitrogen and oxygen atoms in total. The molecule has 26 heavy (non-hydrogen) atoms. The Balaban J connectivity index is 1.73. The lowest BCUT2D eigenvalue weighted by molar-refractivity contribution is 0.101. The van der Waals surface area contributed by atoms with Gasteiger partial charge in [-0.25, -0.2) is 4.98 Å². The Kier molecular flexibility index (Phi) is 4.94. The van der Waals surface area contributed by atoms with Crippen molar-refractivity contribution in [1.29, 1.82) is 0 Å². The van der Waals surface area contributed by atoms with Gasteiger partial charge in [-0.3, -0.25) is 19.9 Å². The lowest BCUT2D eigenvalue weighted by Gasteiger charge is -2.11. The van der Waals surface area contributed by atoms with E-state index in [0.717, 1.165) is 16.9 Å². The van der Waals surface area contributed by atoms with Crippen molar-refractivity contribution in [3.05, 3.63) is 64.4 Å². The van der Waals surface area contributed by atoms with Gasteiger partial charge >= 0.3 is 0 Å². The number of thiazole rings is 1. The van der Waals surface area contributed by atoms with E-state index < -0.39 is 5.91 Å². The van der Waals surface area contributed by atoms with E-state index in [1.54, 1.807) is 37.3 Å². The topological polar surface area (TPSA) is 104 Å². The van der Waals surface area contributed by atoms with Gasteiger partial charge in [0, 0.05) is 11.8 Å². The molecule has 8 heteroatoms. The summed E-state index contributed by atoms with van der Waals surface area (Å²) in [6.07, 6.45) is 2.91. The van der Waals surface area contributed by atoms with Crippen LogP contribution in [0.2, 0.25) is 0 Å². The monoisotopic (exact) mass is 368 g/mol. The van der Waals surface area contributed by atoms with Gasteiger partial charge in [-0.05, 0) is 37.6 Å². The maximum atomic E-state index is 12.5. The molecule has 132 valence electrons. The Morgan fingerprint density at radius 1 is 1.04 bits per heavy atom. The Morgan fingerprint density at radius 3 is 2.58 bits per heavy atom. The van der Waals surface area contributed by atoms with E-state index in [2.05, 4.69) is 20.6 Å². The van der Waals surface area contributed by atoms with Crippen LogP contribution in [0.1, 0.15) is 31.3 Å². The summed E-state index contributed by atoms with van der Waals surface area (Å²) >= 11 is 1.05. The minimum Gasteiger partial charge on any atom is -0.508 e. The second-order valence-corrected chi connectivity index (χ2v) is 6.59. The molecule has 3 rings (SSSR count). The minimum atomic E-state index is -0.397. The highest BCUT2D eigenvalue weighted by Crippen LogP contribution is 2.29. The fraction of sp³-hybridized carbons (Fsp3) is 0.111. The number of aromatic nitrogens is 2. The number of amides is 2. The van der Waals surface area contributed by atoms with Crippen molar-refractivity contribution in [2.24, 2.45) is 0 Å². The number of pyridine rings is 1. The third kappa shape index (κ3) is 3.70. The number of benzene rings is 1. The van der Waals surface area contributed by atoms with Crippen molar-refractivity contribution in [3.8, 4) is 5.75 Å². The van der Waals surface area contributed by atoms with Crippen LogP contribution in [-0.4, -0.2) is 26.9 Å². The number of rotatable bonds is 4. The van der Waals surface area contributed by atoms with Crippen LogP contribution < -0.4 is 10.6 Å². The van der Waals surface area contributed by atoms with E-state index in [1.165, 1.54) is 12.4 Å². The molecule has 0 aliphatic heterocycles. The van der Waals surface area contributed by atoms with Crippen LogP contribution in [-0.2, 0) is 0 Å². The maximum Gasteiger partial charge on any atom is 0.276 e. The molecule has 3 N–H and O–H groups in total. The van der Waals surface area contributed by atoms with E-state index >= 15 is 0 Å². The molecule has 1 aromatic carbocycles. The molecule has 2 amide bonds. The van der Waals surface area contributed by atoms with Gasteiger partial charge in [0.2, 0.25) is 0 Å². The van der Waals surface area contributed by atoms with Gasteiger partial charge in [-0.2, -0.15) is 0 Å². The van der Waals surface area contributed by atoms with Gasteiger partial charge in [-0.1, -0.05) is 23.5 Å². The van der Waals surface area contributed by atoms with Crippen molar-refractivity contribution < 1.29 is 14.7 Å². The van der Waals surface area contributed by atoms with Gasteiger partial charge in [-0.15, -0.1) is 0 Å². The first-order valence-corrected chi connectivity index (χ1v) is 8.56. The largest absolute Gasteiger partial charge is 0.508 e. The van der Waals surface area contributed by atoms with Crippen molar-refractivity contribution >= 4 is 34.0 Å². The third-order valence-electron chi connectivity index (χ3n) is 3.73. The average Bonchev–Trinajstić information content (AvgIpc) is 3.11. The van der Waals surface area contributed by atoms with Crippen LogP contribution >= 0.6 is 11.3 Å². The highest BCUT2D eigenvalue weighted by Gasteiger charge is 2.16. The highest BCUT2D eigenvalue weighted by molar-refractivity contribution is 7.17. The minimum absolute atomic E-state index is 0.110. The van der Waals surface area contributed by atoms with Gasteiger partial charge in [0.05, 0.1) is 11.9 Å². The van der Waals surface area contributed by atoms with E-state index in [-0.39, 0.29) is 17.4 Å². The zero-order chi connectivity index (χ0) is 18.7. The smallest absolute Gasteiger partial charge is 0.276 e. The number of nitrogens with one attached hydrogen (secondary N) is 2. The zero-order valence-electron chi connectivity index (χ0n) is 14.1. The van der Waals surface area contributed by atoms with Crippen LogP contribution in [0, 0.1) is 13.8 Å². The first-order valence-electron chi connectivity index (χ1n) is 7.74. The van der Waals surface area contributed by atoms with Crippen LogP contribution in [0.3, 0.4) is 0 Å². The Morgan fingerprint density at radius 2 is 1.85 bits per heavy atom. The molecular formula is C18H16N4O3S. The average molecular weight is 368 g/mol. The number of phenolic OH excluding ortho intramolecular Hbond substituents is 1. The quantitative estimate of drug-likeness (QED) is 0.655. The summed E-state index contributed by atoms with van der Waals surface area (Å²) in [5, 5.41) is 15.5. The molecule has 2 aromatic heterocycles. The molecule has 3 aromatic rings. The summed E-state index contributed by atoms with van der Waals surface area (Å²) in [5.74, 6) is -0.650. The number of aryl methyl sites for hydroxylation is 1. The van der Waals surface area contributed by atoms with Crippen molar-refractivity contribution in [2.45, 2.75) is 13.8 Å². The van der Waals surface area contributed by atoms with E-state index in [0.29, 0.717) is 21.3 Å². The van der Waals surface area contributed by atoms with Gasteiger partial charge in [0.1, 0.15) is 16.3 Å². The summed E-state index contributed by atoms with van der Waals surface area (Å²) in [4.78, 5) is 32.9. The SMILES string of the molecule is Cc1ccc(O)c(C)c1NC(=O)c1cnc(NC(=O)c2ccccn2)s1. The number of hydrogen-bond donors (Lipinski definition) is 3. The first kappa shape index (κ1) is 17.6. The molecule has 0 unspecified atom stereocenters. The zero-order valence-corrected chi connectivity index (χ0v) is 14.9. The van der Waals surface area contributed by atoms with Gasteiger partial charge < -0.3 is 10.4 Å². The Bertz CT molecular complexity index is 970. The standard InChI is InChI=1S/C18H16N4O3S/c1-10-6-7-13(23)11(2)15(10)21-17(25)14-9-20-18(26-14)22-16(24)12-5-3-4-8-19-12/h3-9,23H,1-2H3,(H,21,25)(H,20,22,24). The number of carbonyl (C=O) groups excluding carboxylic acids is 2. The molecule has 0 saturated carbocycles. The van der Waals surface area contributed by atoms with Crippen LogP contribution in [0.25, 0.3) is 0 Å². The van der Waals surface area contributed by atoms with Crippen LogP contribution in [0.5, 0.6) is 5.75 Å². The predicted molar refractivity (Wildman–Crippen MR) is 99.8 cm³/mol. The predicted octanol–water partition coefficient (Wildman–Crippen LogP) is 3.37. The number of carbonyl (C=O) groups is 2. The fourth-order valence-corrected chi connectivity index (χ4v) is 3.01. The van der Waals surface area contributed by atoms with Crippen molar-refractivity contribution in [3.63, 3.8) is 0 Å². The second-order valence-electron chi connectivity index (χ2n) is 5.55. The molecule has 0 bridgehead atoms. The second kappa shape index (κ2) is 7.32. The Hall–Kier alpha value is -3.26. The number of aromatic hydroxyl groups is 1. The highest BCUT2D eigenvalue weighted by atomic mass is 32.1. The van der Waals surface area contributed by atoms with Gasteiger partial charge in [0.25, 0.3) is 11.8 Å². The molecule has 0 radical (unpaired) electrons. The Labute approximate surface area is 153 Å². The first-order chi connectivity index (χ1) is 12.5. The van der Waals surface area contributed by atoms with Crippen molar-refractivity contribution in [1.82, 2.24) is 9.97 Å². The summed E-state index contributed by atoms with van der Waals surface area (Å²) in [6.45, 7) is 3.57. The van der Waals surface area contributed by atoms with E-state index in [9.17, 15) is 14.7 Å². The summed E-state index contributed by atoms with van der Waals surface area (Å²) in [5.41, 5.74) is 2.25. The van der Waals surface area contributed by atoms with Crippen LogP contribution in [0.15, 0.2) is 42.7 Å². The molecular weight excluding hydrogens is 352 g/mol. The van der Waals surface area contributed by atoms with Gasteiger partial charge in [0.15, 0.2) is 5.13 Å². The normalized spacial score (nSPS) is 10.4. The van der Waals surface area contributed by atoms with E-state index in [1.807, 2.05) is 6.92 Å². The molecule has 2 heterocycles. The summed E-state index contributed by atoms with van der Waals surface area (Å²) < 4.78 is 0. The lowest BCUT2D eigenvalue weighted by Crippen LogP contribution is -2.13. The molecule has 0 spiro atoms. The van der Waals surface area contributed by atoms with Crippen LogP contribution in [0.4, 0.5) is 10.8 Å². The summed E-state index contributed by atoms with van der Waals surface area (Å²) in [7, 11) is 0. The molecule has 0 saturated heterocycles. The molecule has 0 atom stereocenters. The fourth-order valence-electron chi connectivity index (χ4n) is 2.30. The van der Waals surface area contributed by atoms with E-state index in [4.69, 9.17) is 0 Å². The number of nitrogens with zero attached hydrogens (tertiary/aromatic N) is 2. The third-order valence-corrected chi connectivity index (χ3v) is 4.64. The number of phenols is 1. The number of anilines is 2. The molecule has 0 aliphatic carbocycles.